The summed E-state index contributed by atoms with van der Waals surface area (Å²) in [5.74, 6) is -0.434. The van der Waals surface area contributed by atoms with E-state index >= 15 is 0 Å². The molecular formula is C14H17NO3S. The highest BCUT2D eigenvalue weighted by molar-refractivity contribution is 7.09. The van der Waals surface area contributed by atoms with Crippen LogP contribution in [-0.2, 0) is 13.0 Å². The van der Waals surface area contributed by atoms with Crippen LogP contribution in [-0.4, -0.2) is 29.1 Å². The standard InChI is InChI=1S/C14H17NO3S/c1-10(8-11-4-3-7-19-11)15(2)9-13-12(14(16)17)5-6-18-13/h3-7,10H,8-9H2,1-2H3,(H,16,17). The molecule has 2 heterocycles. The zero-order chi connectivity index (χ0) is 13.8. The van der Waals surface area contributed by atoms with Crippen molar-refractivity contribution in [2.24, 2.45) is 0 Å². The third-order valence-electron chi connectivity index (χ3n) is 3.20. The third kappa shape index (κ3) is 3.45. The van der Waals surface area contributed by atoms with Crippen molar-refractivity contribution in [1.29, 1.82) is 0 Å². The summed E-state index contributed by atoms with van der Waals surface area (Å²) >= 11 is 1.74. The first kappa shape index (κ1) is 13.8. The van der Waals surface area contributed by atoms with E-state index in [9.17, 15) is 4.79 Å². The van der Waals surface area contributed by atoms with Gasteiger partial charge in [-0.2, -0.15) is 0 Å². The summed E-state index contributed by atoms with van der Waals surface area (Å²) in [5.41, 5.74) is 0.246. The van der Waals surface area contributed by atoms with Gasteiger partial charge in [0, 0.05) is 10.9 Å². The molecule has 0 aliphatic rings. The first-order valence-electron chi connectivity index (χ1n) is 6.10. The monoisotopic (exact) mass is 279 g/mol. The number of hydrogen-bond donors (Lipinski definition) is 1. The highest BCUT2D eigenvalue weighted by atomic mass is 32.1. The molecule has 0 spiro atoms. The van der Waals surface area contributed by atoms with Gasteiger partial charge < -0.3 is 9.52 Å². The first-order valence-corrected chi connectivity index (χ1v) is 6.98. The van der Waals surface area contributed by atoms with Gasteiger partial charge in [0.05, 0.1) is 12.8 Å². The van der Waals surface area contributed by atoms with Crippen molar-refractivity contribution in [3.63, 3.8) is 0 Å². The Morgan fingerprint density at radius 2 is 2.32 bits per heavy atom. The van der Waals surface area contributed by atoms with Crippen LogP contribution in [0.4, 0.5) is 0 Å². The van der Waals surface area contributed by atoms with E-state index in [1.807, 2.05) is 13.1 Å². The number of carboxylic acids is 1. The third-order valence-corrected chi connectivity index (χ3v) is 4.10. The summed E-state index contributed by atoms with van der Waals surface area (Å²) in [6.07, 6.45) is 2.38. The van der Waals surface area contributed by atoms with Gasteiger partial charge in [0.1, 0.15) is 11.3 Å². The van der Waals surface area contributed by atoms with Gasteiger partial charge in [-0.05, 0) is 37.9 Å². The Balaban J connectivity index is 1.98. The molecule has 1 unspecified atom stereocenters. The second-order valence-electron chi connectivity index (χ2n) is 4.61. The number of hydrogen-bond acceptors (Lipinski definition) is 4. The second-order valence-corrected chi connectivity index (χ2v) is 5.64. The molecule has 2 rings (SSSR count). The highest BCUT2D eigenvalue weighted by Crippen LogP contribution is 2.17. The molecule has 19 heavy (non-hydrogen) atoms. The Morgan fingerprint density at radius 3 is 2.95 bits per heavy atom. The zero-order valence-electron chi connectivity index (χ0n) is 11.0. The predicted molar refractivity (Wildman–Crippen MR) is 74.6 cm³/mol. The lowest BCUT2D eigenvalue weighted by molar-refractivity contribution is 0.0692. The van der Waals surface area contributed by atoms with Gasteiger partial charge in [-0.15, -0.1) is 11.3 Å². The van der Waals surface area contributed by atoms with E-state index in [1.54, 1.807) is 11.3 Å². The summed E-state index contributed by atoms with van der Waals surface area (Å²) in [5, 5.41) is 11.1. The molecule has 0 saturated carbocycles. The van der Waals surface area contributed by atoms with Gasteiger partial charge in [-0.3, -0.25) is 4.90 Å². The van der Waals surface area contributed by atoms with E-state index in [-0.39, 0.29) is 5.56 Å². The second kappa shape index (κ2) is 6.04. The first-order chi connectivity index (χ1) is 9.08. The topological polar surface area (TPSA) is 53.7 Å². The molecule has 0 radical (unpaired) electrons. The number of nitrogens with zero attached hydrogens (tertiary/aromatic N) is 1. The Morgan fingerprint density at radius 1 is 1.53 bits per heavy atom. The minimum atomic E-state index is -0.942. The number of likely N-dealkylation sites (N-methyl/N-ethyl adjacent to an activating group) is 1. The van der Waals surface area contributed by atoms with Crippen molar-refractivity contribution in [2.75, 3.05) is 7.05 Å². The van der Waals surface area contributed by atoms with E-state index in [0.717, 1.165) is 6.42 Å². The molecule has 2 aromatic rings. The van der Waals surface area contributed by atoms with Crippen molar-refractivity contribution in [2.45, 2.75) is 25.9 Å². The molecule has 0 fully saturated rings. The van der Waals surface area contributed by atoms with Gasteiger partial charge in [0.15, 0.2) is 0 Å². The van der Waals surface area contributed by atoms with E-state index in [0.29, 0.717) is 18.3 Å². The van der Waals surface area contributed by atoms with E-state index in [4.69, 9.17) is 9.52 Å². The number of rotatable bonds is 6. The molecule has 102 valence electrons. The molecular weight excluding hydrogens is 262 g/mol. The zero-order valence-corrected chi connectivity index (χ0v) is 11.8. The molecule has 1 atom stereocenters. The molecule has 4 nitrogen and oxygen atoms in total. The van der Waals surface area contributed by atoms with Crippen molar-refractivity contribution >= 4 is 17.3 Å². The quantitative estimate of drug-likeness (QED) is 0.882. The van der Waals surface area contributed by atoms with Crippen molar-refractivity contribution < 1.29 is 14.3 Å². The summed E-state index contributed by atoms with van der Waals surface area (Å²) in [6.45, 7) is 2.63. The number of furan rings is 1. The smallest absolute Gasteiger partial charge is 0.339 e. The molecule has 0 aliphatic carbocycles. The van der Waals surface area contributed by atoms with Crippen molar-refractivity contribution in [3.8, 4) is 0 Å². The minimum absolute atomic E-state index is 0.246. The summed E-state index contributed by atoms with van der Waals surface area (Å²) in [7, 11) is 1.98. The molecule has 1 N–H and O–H groups in total. The van der Waals surface area contributed by atoms with Crippen LogP contribution in [0, 0.1) is 0 Å². The fraction of sp³-hybridized carbons (Fsp3) is 0.357. The molecule has 0 aliphatic heterocycles. The number of thiophene rings is 1. The summed E-state index contributed by atoms with van der Waals surface area (Å²) in [6, 6.07) is 5.98. The number of carboxylic acid groups (broad SMARTS) is 1. The van der Waals surface area contributed by atoms with Gasteiger partial charge in [-0.1, -0.05) is 6.07 Å². The predicted octanol–water partition coefficient (Wildman–Crippen LogP) is 3.10. The molecule has 0 aromatic carbocycles. The van der Waals surface area contributed by atoms with Gasteiger partial charge in [-0.25, -0.2) is 4.79 Å². The molecule has 0 bridgehead atoms. The van der Waals surface area contributed by atoms with Crippen LogP contribution in [0.5, 0.6) is 0 Å². The van der Waals surface area contributed by atoms with E-state index in [1.165, 1.54) is 17.2 Å². The van der Waals surface area contributed by atoms with Crippen LogP contribution in [0.15, 0.2) is 34.3 Å². The van der Waals surface area contributed by atoms with Gasteiger partial charge in [0.25, 0.3) is 0 Å². The lowest BCUT2D eigenvalue weighted by Gasteiger charge is -2.23. The van der Waals surface area contributed by atoms with E-state index < -0.39 is 5.97 Å². The Bertz CT molecular complexity index is 533. The largest absolute Gasteiger partial charge is 0.478 e. The normalized spacial score (nSPS) is 12.8. The van der Waals surface area contributed by atoms with Crippen molar-refractivity contribution in [3.05, 3.63) is 46.0 Å². The van der Waals surface area contributed by atoms with Crippen LogP contribution < -0.4 is 0 Å². The van der Waals surface area contributed by atoms with E-state index in [2.05, 4.69) is 23.3 Å². The van der Waals surface area contributed by atoms with Crippen LogP contribution in [0.25, 0.3) is 0 Å². The Kier molecular flexibility index (Phi) is 4.39. The fourth-order valence-corrected chi connectivity index (χ4v) is 2.74. The van der Waals surface area contributed by atoms with Crippen LogP contribution in [0.2, 0.25) is 0 Å². The Hall–Kier alpha value is -1.59. The molecule has 0 saturated heterocycles. The maximum atomic E-state index is 11.0. The molecule has 0 amide bonds. The lowest BCUT2D eigenvalue weighted by atomic mass is 10.1. The van der Waals surface area contributed by atoms with Crippen LogP contribution >= 0.6 is 11.3 Å². The maximum absolute atomic E-state index is 11.0. The summed E-state index contributed by atoms with van der Waals surface area (Å²) < 4.78 is 5.26. The summed E-state index contributed by atoms with van der Waals surface area (Å²) in [4.78, 5) is 14.4. The highest BCUT2D eigenvalue weighted by Gasteiger charge is 2.18. The van der Waals surface area contributed by atoms with Gasteiger partial charge >= 0.3 is 5.97 Å². The number of carbonyl (C=O) groups is 1. The Labute approximate surface area is 116 Å². The average molecular weight is 279 g/mol. The lowest BCUT2D eigenvalue weighted by Crippen LogP contribution is -2.30. The molecule has 5 heteroatoms. The number of aromatic carboxylic acids is 1. The van der Waals surface area contributed by atoms with Crippen LogP contribution in [0.1, 0.15) is 27.9 Å². The SMILES string of the molecule is CC(Cc1cccs1)N(C)Cc1occc1C(=O)O. The maximum Gasteiger partial charge on any atom is 0.339 e. The fourth-order valence-electron chi connectivity index (χ4n) is 1.91. The minimum Gasteiger partial charge on any atom is -0.478 e. The average Bonchev–Trinajstić information content (AvgIpc) is 2.99. The van der Waals surface area contributed by atoms with Gasteiger partial charge in [0.2, 0.25) is 0 Å². The van der Waals surface area contributed by atoms with Crippen LogP contribution in [0.3, 0.4) is 0 Å². The molecule has 2 aromatic heterocycles. The van der Waals surface area contributed by atoms with Crippen molar-refractivity contribution in [1.82, 2.24) is 4.90 Å².